The molecule has 0 spiro atoms. The molecule has 0 unspecified atom stereocenters. The molecule has 0 amide bonds. The average molecular weight is 238 g/mol. The molecular formula is C12H11FO2S. The third-order valence-electron chi connectivity index (χ3n) is 1.85. The van der Waals surface area contributed by atoms with Crippen LogP contribution in [-0.4, -0.2) is 16.8 Å². The van der Waals surface area contributed by atoms with Gasteiger partial charge in [-0.1, -0.05) is 17.9 Å². The number of thiol groups is 1. The number of carbonyl (C=O) groups is 1. The minimum Gasteiger partial charge on any atom is -0.481 e. The van der Waals surface area contributed by atoms with Crippen molar-refractivity contribution in [3.05, 3.63) is 35.1 Å². The topological polar surface area (TPSA) is 37.3 Å². The predicted octanol–water partition coefficient (Wildman–Crippen LogP) is 2.12. The molecule has 16 heavy (non-hydrogen) atoms. The van der Waals surface area contributed by atoms with Crippen LogP contribution in [-0.2, 0) is 11.2 Å². The van der Waals surface area contributed by atoms with Crippen molar-refractivity contribution in [1.29, 1.82) is 0 Å². The van der Waals surface area contributed by atoms with Gasteiger partial charge in [-0.05, 0) is 17.7 Å². The zero-order valence-corrected chi connectivity index (χ0v) is 9.43. The number of hydrogen-bond acceptors (Lipinski definition) is 2. The average Bonchev–Trinajstić information content (AvgIpc) is 2.20. The largest absolute Gasteiger partial charge is 0.481 e. The van der Waals surface area contributed by atoms with E-state index >= 15 is 0 Å². The maximum Gasteiger partial charge on any atom is 0.307 e. The lowest BCUT2D eigenvalue weighted by Crippen LogP contribution is -2.00. The molecule has 0 radical (unpaired) electrons. The maximum atomic E-state index is 13.4. The monoisotopic (exact) mass is 238 g/mol. The van der Waals surface area contributed by atoms with Crippen LogP contribution in [0.4, 0.5) is 4.39 Å². The Labute approximate surface area is 98.9 Å². The van der Waals surface area contributed by atoms with E-state index in [1.54, 1.807) is 6.07 Å². The SMILES string of the molecule is O=C(O)Cc1ccc(C#CCCS)c(F)c1. The molecule has 0 aromatic heterocycles. The van der Waals surface area contributed by atoms with Gasteiger partial charge in [0, 0.05) is 12.2 Å². The van der Waals surface area contributed by atoms with Crippen LogP contribution in [0.1, 0.15) is 17.5 Å². The van der Waals surface area contributed by atoms with Gasteiger partial charge in [0.05, 0.1) is 12.0 Å². The van der Waals surface area contributed by atoms with E-state index in [9.17, 15) is 9.18 Å². The highest BCUT2D eigenvalue weighted by molar-refractivity contribution is 7.80. The van der Waals surface area contributed by atoms with E-state index in [-0.39, 0.29) is 12.0 Å². The van der Waals surface area contributed by atoms with Crippen LogP contribution in [0.2, 0.25) is 0 Å². The van der Waals surface area contributed by atoms with Crippen LogP contribution in [0.3, 0.4) is 0 Å². The quantitative estimate of drug-likeness (QED) is 0.625. The summed E-state index contributed by atoms with van der Waals surface area (Å²) in [7, 11) is 0. The van der Waals surface area contributed by atoms with Crippen molar-refractivity contribution in [1.82, 2.24) is 0 Å². The zero-order chi connectivity index (χ0) is 12.0. The molecule has 1 aromatic rings. The summed E-state index contributed by atoms with van der Waals surface area (Å²) in [6.45, 7) is 0. The van der Waals surface area contributed by atoms with Gasteiger partial charge in [-0.15, -0.1) is 0 Å². The molecule has 2 nitrogen and oxygen atoms in total. The summed E-state index contributed by atoms with van der Waals surface area (Å²) in [6, 6.07) is 4.28. The van der Waals surface area contributed by atoms with Gasteiger partial charge in [0.25, 0.3) is 0 Å². The van der Waals surface area contributed by atoms with Crippen molar-refractivity contribution < 1.29 is 14.3 Å². The predicted molar refractivity (Wildman–Crippen MR) is 63.1 cm³/mol. The fourth-order valence-corrected chi connectivity index (χ4v) is 1.27. The standard InChI is InChI=1S/C12H11FO2S/c13-11-7-9(8-12(14)15)4-5-10(11)3-1-2-6-16/h4-5,7,16H,2,6,8H2,(H,14,15). The summed E-state index contributed by atoms with van der Waals surface area (Å²) in [6.07, 6.45) is 0.417. The lowest BCUT2D eigenvalue weighted by molar-refractivity contribution is -0.136. The van der Waals surface area contributed by atoms with E-state index in [2.05, 4.69) is 24.5 Å². The summed E-state index contributed by atoms with van der Waals surface area (Å²) in [4.78, 5) is 10.4. The van der Waals surface area contributed by atoms with E-state index in [1.165, 1.54) is 12.1 Å². The Hall–Kier alpha value is -1.47. The van der Waals surface area contributed by atoms with E-state index in [0.717, 1.165) is 0 Å². The van der Waals surface area contributed by atoms with E-state index in [1.807, 2.05) is 0 Å². The van der Waals surface area contributed by atoms with E-state index in [0.29, 0.717) is 17.7 Å². The highest BCUT2D eigenvalue weighted by Crippen LogP contribution is 2.10. The molecule has 0 atom stereocenters. The molecule has 0 bridgehead atoms. The van der Waals surface area contributed by atoms with Crippen molar-refractivity contribution in [2.75, 3.05) is 5.75 Å². The molecule has 0 saturated heterocycles. The maximum absolute atomic E-state index is 13.4. The highest BCUT2D eigenvalue weighted by Gasteiger charge is 2.04. The summed E-state index contributed by atoms with van der Waals surface area (Å²) in [5.41, 5.74) is 0.723. The minimum absolute atomic E-state index is 0.179. The van der Waals surface area contributed by atoms with Crippen LogP contribution in [0, 0.1) is 17.7 Å². The van der Waals surface area contributed by atoms with Crippen LogP contribution in [0.25, 0.3) is 0 Å². The number of benzene rings is 1. The van der Waals surface area contributed by atoms with Gasteiger partial charge in [-0.2, -0.15) is 12.6 Å². The summed E-state index contributed by atoms with van der Waals surface area (Å²) < 4.78 is 13.4. The van der Waals surface area contributed by atoms with Gasteiger partial charge < -0.3 is 5.11 Å². The molecule has 0 aliphatic rings. The number of rotatable bonds is 3. The van der Waals surface area contributed by atoms with Crippen molar-refractivity contribution in [3.8, 4) is 11.8 Å². The van der Waals surface area contributed by atoms with Gasteiger partial charge in [-0.25, -0.2) is 4.39 Å². The van der Waals surface area contributed by atoms with Gasteiger partial charge >= 0.3 is 5.97 Å². The molecule has 1 aromatic carbocycles. The molecule has 0 aliphatic carbocycles. The lowest BCUT2D eigenvalue weighted by atomic mass is 10.1. The molecule has 1 rings (SSSR count). The zero-order valence-electron chi connectivity index (χ0n) is 8.53. The second-order valence-electron chi connectivity index (χ2n) is 3.16. The Kier molecular flexibility index (Phi) is 4.87. The normalized spacial score (nSPS) is 9.38. The molecule has 0 fully saturated rings. The van der Waals surface area contributed by atoms with Crippen molar-refractivity contribution in [3.63, 3.8) is 0 Å². The van der Waals surface area contributed by atoms with E-state index < -0.39 is 11.8 Å². The summed E-state index contributed by atoms with van der Waals surface area (Å²) >= 11 is 3.99. The second-order valence-corrected chi connectivity index (χ2v) is 3.61. The first-order valence-corrected chi connectivity index (χ1v) is 5.36. The Bertz CT molecular complexity index is 446. The Balaban J connectivity index is 2.84. The van der Waals surface area contributed by atoms with Crippen LogP contribution >= 0.6 is 12.6 Å². The number of hydrogen-bond donors (Lipinski definition) is 2. The van der Waals surface area contributed by atoms with Gasteiger partial charge in [0.15, 0.2) is 0 Å². The molecular weight excluding hydrogens is 227 g/mol. The third-order valence-corrected chi connectivity index (χ3v) is 2.07. The molecule has 0 heterocycles. The van der Waals surface area contributed by atoms with Crippen molar-refractivity contribution in [2.24, 2.45) is 0 Å². The van der Waals surface area contributed by atoms with Gasteiger partial charge in [0.2, 0.25) is 0 Å². The molecule has 1 N–H and O–H groups in total. The smallest absolute Gasteiger partial charge is 0.307 e. The second kappa shape index (κ2) is 6.19. The van der Waals surface area contributed by atoms with Crippen molar-refractivity contribution in [2.45, 2.75) is 12.8 Å². The number of carboxylic acid groups (broad SMARTS) is 1. The van der Waals surface area contributed by atoms with Gasteiger partial charge in [0.1, 0.15) is 5.82 Å². The Morgan fingerprint density at radius 3 is 2.81 bits per heavy atom. The Morgan fingerprint density at radius 2 is 2.25 bits per heavy atom. The minimum atomic E-state index is -0.978. The molecule has 4 heteroatoms. The first kappa shape index (κ1) is 12.6. The fraction of sp³-hybridized carbons (Fsp3) is 0.250. The first-order chi connectivity index (χ1) is 7.63. The van der Waals surface area contributed by atoms with Gasteiger partial charge in [-0.3, -0.25) is 4.79 Å². The Morgan fingerprint density at radius 1 is 1.50 bits per heavy atom. The number of aliphatic carboxylic acids is 1. The fourth-order valence-electron chi connectivity index (χ4n) is 1.16. The highest BCUT2D eigenvalue weighted by atomic mass is 32.1. The number of halogens is 1. The molecule has 0 aliphatic heterocycles. The van der Waals surface area contributed by atoms with Crippen LogP contribution in [0.5, 0.6) is 0 Å². The third kappa shape index (κ3) is 3.95. The van der Waals surface area contributed by atoms with E-state index in [4.69, 9.17) is 5.11 Å². The molecule has 0 saturated carbocycles. The summed E-state index contributed by atoms with van der Waals surface area (Å²) in [5.74, 6) is 4.61. The molecule has 84 valence electrons. The number of carboxylic acids is 1. The van der Waals surface area contributed by atoms with Crippen LogP contribution < -0.4 is 0 Å². The van der Waals surface area contributed by atoms with Crippen LogP contribution in [0.15, 0.2) is 18.2 Å². The van der Waals surface area contributed by atoms with Crippen molar-refractivity contribution >= 4 is 18.6 Å². The summed E-state index contributed by atoms with van der Waals surface area (Å²) in [5, 5.41) is 8.54. The first-order valence-electron chi connectivity index (χ1n) is 4.73. The lowest BCUT2D eigenvalue weighted by Gasteiger charge is -1.99.